The molecular weight excluding hydrogens is 331 g/mol. The number of amides is 1. The molecule has 6 heteroatoms. The number of anilines is 1. The van der Waals surface area contributed by atoms with Crippen LogP contribution < -0.4 is 15.5 Å². The first-order valence-corrected chi connectivity index (χ1v) is 9.13. The van der Waals surface area contributed by atoms with Gasteiger partial charge in [-0.25, -0.2) is 4.39 Å². The largest absolute Gasteiger partial charge is 0.370 e. The van der Waals surface area contributed by atoms with Gasteiger partial charge in [-0.1, -0.05) is 18.2 Å². The zero-order chi connectivity index (χ0) is 17.9. The fourth-order valence-electron chi connectivity index (χ4n) is 3.91. The number of carbonyl (C=O) groups is 1. The molecule has 2 aromatic rings. The highest BCUT2D eigenvalue weighted by Gasteiger charge is 2.36. The predicted molar refractivity (Wildman–Crippen MR) is 98.7 cm³/mol. The molecule has 26 heavy (non-hydrogen) atoms. The SMILES string of the molecule is O=C(NCCc1ccccc1F)c1cncc(N2C[C@H]3CNC[C@H]3C2)c1. The van der Waals surface area contributed by atoms with Crippen molar-refractivity contribution in [1.82, 2.24) is 15.6 Å². The summed E-state index contributed by atoms with van der Waals surface area (Å²) in [4.78, 5) is 19.0. The Balaban J connectivity index is 1.35. The van der Waals surface area contributed by atoms with Gasteiger partial charge in [0.25, 0.3) is 5.91 Å². The molecule has 0 unspecified atom stereocenters. The van der Waals surface area contributed by atoms with E-state index < -0.39 is 0 Å². The zero-order valence-corrected chi connectivity index (χ0v) is 14.6. The molecule has 2 aliphatic rings. The van der Waals surface area contributed by atoms with Crippen LogP contribution in [-0.4, -0.2) is 43.6 Å². The third-order valence-electron chi connectivity index (χ3n) is 5.38. The molecule has 2 atom stereocenters. The van der Waals surface area contributed by atoms with Crippen LogP contribution in [0.5, 0.6) is 0 Å². The van der Waals surface area contributed by atoms with E-state index in [0.717, 1.165) is 31.9 Å². The molecule has 5 nitrogen and oxygen atoms in total. The van der Waals surface area contributed by atoms with Crippen LogP contribution in [0.15, 0.2) is 42.7 Å². The van der Waals surface area contributed by atoms with E-state index in [1.54, 1.807) is 24.4 Å². The Hall–Kier alpha value is -2.47. The van der Waals surface area contributed by atoms with E-state index in [4.69, 9.17) is 0 Å². The van der Waals surface area contributed by atoms with Crippen molar-refractivity contribution in [2.24, 2.45) is 11.8 Å². The average molecular weight is 354 g/mol. The second-order valence-electron chi connectivity index (χ2n) is 7.11. The van der Waals surface area contributed by atoms with Crippen LogP contribution in [0.3, 0.4) is 0 Å². The minimum absolute atomic E-state index is 0.170. The van der Waals surface area contributed by atoms with Gasteiger partial charge in [-0.3, -0.25) is 9.78 Å². The lowest BCUT2D eigenvalue weighted by Gasteiger charge is -2.19. The Bertz CT molecular complexity index is 785. The molecule has 2 saturated heterocycles. The standard InChI is InChI=1S/C20H23FN4O/c21-19-4-2-1-3-14(19)5-6-24-20(26)15-7-18(11-23-8-15)25-12-16-9-22-10-17(16)13-25/h1-4,7-8,11,16-17,22H,5-6,9-10,12-13H2,(H,24,26)/t16-,17+. The Kier molecular flexibility index (Phi) is 4.84. The van der Waals surface area contributed by atoms with Gasteiger partial charge in [0.1, 0.15) is 5.82 Å². The van der Waals surface area contributed by atoms with Crippen LogP contribution in [0.4, 0.5) is 10.1 Å². The number of nitrogens with zero attached hydrogens (tertiary/aromatic N) is 2. The van der Waals surface area contributed by atoms with Gasteiger partial charge in [-0.2, -0.15) is 0 Å². The molecule has 0 aliphatic carbocycles. The minimum atomic E-state index is -0.237. The van der Waals surface area contributed by atoms with Crippen molar-refractivity contribution in [2.45, 2.75) is 6.42 Å². The van der Waals surface area contributed by atoms with E-state index in [1.165, 1.54) is 6.07 Å². The summed E-state index contributed by atoms with van der Waals surface area (Å²) in [6.07, 6.45) is 3.87. The summed E-state index contributed by atoms with van der Waals surface area (Å²) in [5, 5.41) is 6.29. The molecule has 0 radical (unpaired) electrons. The summed E-state index contributed by atoms with van der Waals surface area (Å²) in [5.74, 6) is 0.970. The number of hydrogen-bond donors (Lipinski definition) is 2. The second kappa shape index (κ2) is 7.41. The van der Waals surface area contributed by atoms with E-state index in [1.807, 2.05) is 12.3 Å². The molecule has 2 aliphatic heterocycles. The maximum absolute atomic E-state index is 13.6. The van der Waals surface area contributed by atoms with Crippen LogP contribution in [-0.2, 0) is 6.42 Å². The first kappa shape index (κ1) is 17.0. The highest BCUT2D eigenvalue weighted by Crippen LogP contribution is 2.30. The Morgan fingerprint density at radius 2 is 2.00 bits per heavy atom. The molecule has 0 bridgehead atoms. The smallest absolute Gasteiger partial charge is 0.252 e. The average Bonchev–Trinajstić information content (AvgIpc) is 3.25. The van der Waals surface area contributed by atoms with Crippen LogP contribution in [0.1, 0.15) is 15.9 Å². The van der Waals surface area contributed by atoms with E-state index in [2.05, 4.69) is 20.5 Å². The maximum atomic E-state index is 13.6. The number of nitrogens with one attached hydrogen (secondary N) is 2. The molecule has 1 amide bonds. The number of hydrogen-bond acceptors (Lipinski definition) is 4. The number of carbonyl (C=O) groups excluding carboxylic acids is 1. The van der Waals surface area contributed by atoms with E-state index >= 15 is 0 Å². The fraction of sp³-hybridized carbons (Fsp3) is 0.400. The second-order valence-corrected chi connectivity index (χ2v) is 7.11. The zero-order valence-electron chi connectivity index (χ0n) is 14.6. The van der Waals surface area contributed by atoms with E-state index in [-0.39, 0.29) is 11.7 Å². The predicted octanol–water partition coefficient (Wildman–Crippen LogP) is 1.85. The number of pyridine rings is 1. The van der Waals surface area contributed by atoms with Crippen molar-refractivity contribution in [3.63, 3.8) is 0 Å². The van der Waals surface area contributed by atoms with Gasteiger partial charge in [0.05, 0.1) is 17.4 Å². The highest BCUT2D eigenvalue weighted by molar-refractivity contribution is 5.94. The number of fused-ring (bicyclic) bond motifs is 1. The summed E-state index contributed by atoms with van der Waals surface area (Å²) in [7, 11) is 0. The molecule has 1 aromatic heterocycles. The van der Waals surface area contributed by atoms with Gasteiger partial charge < -0.3 is 15.5 Å². The van der Waals surface area contributed by atoms with Crippen LogP contribution in [0.25, 0.3) is 0 Å². The van der Waals surface area contributed by atoms with E-state index in [0.29, 0.717) is 35.9 Å². The first-order valence-electron chi connectivity index (χ1n) is 9.13. The van der Waals surface area contributed by atoms with Crippen molar-refractivity contribution < 1.29 is 9.18 Å². The van der Waals surface area contributed by atoms with Crippen molar-refractivity contribution in [2.75, 3.05) is 37.6 Å². The Morgan fingerprint density at radius 1 is 1.23 bits per heavy atom. The minimum Gasteiger partial charge on any atom is -0.370 e. The summed E-state index contributed by atoms with van der Waals surface area (Å²) in [5.41, 5.74) is 2.16. The van der Waals surface area contributed by atoms with Gasteiger partial charge in [0.2, 0.25) is 0 Å². The number of rotatable bonds is 5. The fourth-order valence-corrected chi connectivity index (χ4v) is 3.91. The summed E-state index contributed by atoms with van der Waals surface area (Å²) >= 11 is 0. The summed E-state index contributed by atoms with van der Waals surface area (Å²) < 4.78 is 13.6. The summed E-state index contributed by atoms with van der Waals surface area (Å²) in [6, 6.07) is 8.54. The third-order valence-corrected chi connectivity index (χ3v) is 5.38. The molecule has 3 heterocycles. The summed E-state index contributed by atoms with van der Waals surface area (Å²) in [6.45, 7) is 4.56. The van der Waals surface area contributed by atoms with Crippen molar-refractivity contribution in [3.8, 4) is 0 Å². The lowest BCUT2D eigenvalue weighted by molar-refractivity contribution is 0.0953. The van der Waals surface area contributed by atoms with Gasteiger partial charge in [0.15, 0.2) is 0 Å². The van der Waals surface area contributed by atoms with Crippen LogP contribution in [0, 0.1) is 17.7 Å². The first-order chi connectivity index (χ1) is 12.7. The quantitative estimate of drug-likeness (QED) is 0.860. The van der Waals surface area contributed by atoms with Gasteiger partial charge >= 0.3 is 0 Å². The topological polar surface area (TPSA) is 57.3 Å². The highest BCUT2D eigenvalue weighted by atomic mass is 19.1. The monoisotopic (exact) mass is 354 g/mol. The molecule has 2 fully saturated rings. The maximum Gasteiger partial charge on any atom is 0.252 e. The van der Waals surface area contributed by atoms with Crippen molar-refractivity contribution >= 4 is 11.6 Å². The molecule has 136 valence electrons. The van der Waals surface area contributed by atoms with E-state index in [9.17, 15) is 9.18 Å². The van der Waals surface area contributed by atoms with Gasteiger partial charge in [-0.05, 0) is 36.0 Å². The van der Waals surface area contributed by atoms with Crippen LogP contribution in [0.2, 0.25) is 0 Å². The molecule has 2 N–H and O–H groups in total. The molecule has 1 aromatic carbocycles. The van der Waals surface area contributed by atoms with Crippen molar-refractivity contribution in [3.05, 3.63) is 59.7 Å². The van der Waals surface area contributed by atoms with Gasteiger partial charge in [0, 0.05) is 38.9 Å². The molecule has 4 rings (SSSR count). The van der Waals surface area contributed by atoms with Crippen molar-refractivity contribution in [1.29, 1.82) is 0 Å². The number of benzene rings is 1. The van der Waals surface area contributed by atoms with Crippen LogP contribution >= 0.6 is 0 Å². The lowest BCUT2D eigenvalue weighted by atomic mass is 10.0. The lowest BCUT2D eigenvalue weighted by Crippen LogP contribution is -2.28. The number of aromatic nitrogens is 1. The van der Waals surface area contributed by atoms with Gasteiger partial charge in [-0.15, -0.1) is 0 Å². The molecular formula is C20H23FN4O. The Labute approximate surface area is 152 Å². The molecule has 0 spiro atoms. The third kappa shape index (κ3) is 3.55. The Morgan fingerprint density at radius 3 is 2.77 bits per heavy atom. The molecule has 0 saturated carbocycles. The number of halogens is 1. The normalized spacial score (nSPS) is 21.7.